The minimum atomic E-state index is 0.0731. The van der Waals surface area contributed by atoms with Gasteiger partial charge in [-0.15, -0.1) is 0 Å². The Morgan fingerprint density at radius 3 is 2.94 bits per heavy atom. The van der Waals surface area contributed by atoms with Crippen molar-refractivity contribution in [2.75, 3.05) is 23.7 Å². The van der Waals surface area contributed by atoms with E-state index >= 15 is 0 Å². The van der Waals surface area contributed by atoms with Crippen LogP contribution in [0.25, 0.3) is 0 Å². The van der Waals surface area contributed by atoms with Crippen molar-refractivity contribution in [3.05, 3.63) is 23.9 Å². The Kier molecular flexibility index (Phi) is 3.64. The molecule has 0 radical (unpaired) electrons. The van der Waals surface area contributed by atoms with Gasteiger partial charge in [0.15, 0.2) is 0 Å². The Bertz CT molecular complexity index is 390. The smallest absolute Gasteiger partial charge is 0.128 e. The summed E-state index contributed by atoms with van der Waals surface area (Å²) >= 11 is 2.04. The molecule has 0 bridgehead atoms. The molecule has 3 nitrogen and oxygen atoms in total. The Hall–Kier alpha value is -0.740. The van der Waals surface area contributed by atoms with E-state index in [2.05, 4.69) is 29.8 Å². The molecule has 4 heteroatoms. The Morgan fingerprint density at radius 1 is 1.53 bits per heavy atom. The molecule has 1 aromatic heterocycles. The largest absolute Gasteiger partial charge is 0.354 e. The van der Waals surface area contributed by atoms with Crippen molar-refractivity contribution in [2.24, 2.45) is 5.73 Å². The average molecular weight is 251 g/mol. The number of hydrogen-bond donors (Lipinski definition) is 1. The summed E-state index contributed by atoms with van der Waals surface area (Å²) in [5.41, 5.74) is 7.07. The third kappa shape index (κ3) is 3.13. The molecule has 2 rings (SSSR count). The molecular formula is C13H21N3S. The van der Waals surface area contributed by atoms with E-state index in [1.807, 2.05) is 30.9 Å². The van der Waals surface area contributed by atoms with Crippen LogP contribution in [0, 0.1) is 0 Å². The first kappa shape index (κ1) is 12.7. The van der Waals surface area contributed by atoms with Gasteiger partial charge in [0.1, 0.15) is 5.82 Å². The molecule has 0 saturated carbocycles. The van der Waals surface area contributed by atoms with Gasteiger partial charge in [-0.25, -0.2) is 4.98 Å². The molecule has 2 N–H and O–H groups in total. The van der Waals surface area contributed by atoms with Gasteiger partial charge in [0.05, 0.1) is 0 Å². The topological polar surface area (TPSA) is 42.1 Å². The minimum Gasteiger partial charge on any atom is -0.354 e. The second-order valence-corrected chi connectivity index (χ2v) is 7.07. The molecule has 0 unspecified atom stereocenters. The lowest BCUT2D eigenvalue weighted by atomic mass is 10.1. The Balaban J connectivity index is 2.19. The second kappa shape index (κ2) is 4.86. The molecule has 17 heavy (non-hydrogen) atoms. The van der Waals surface area contributed by atoms with Crippen LogP contribution in [0.2, 0.25) is 0 Å². The van der Waals surface area contributed by atoms with E-state index in [0.29, 0.717) is 4.75 Å². The van der Waals surface area contributed by atoms with Gasteiger partial charge in [-0.1, -0.05) is 0 Å². The molecule has 1 fully saturated rings. The van der Waals surface area contributed by atoms with Crippen LogP contribution in [0.15, 0.2) is 18.3 Å². The lowest BCUT2D eigenvalue weighted by Crippen LogP contribution is -2.43. The van der Waals surface area contributed by atoms with Crippen molar-refractivity contribution in [1.29, 1.82) is 0 Å². The van der Waals surface area contributed by atoms with Crippen molar-refractivity contribution >= 4 is 17.6 Å². The maximum Gasteiger partial charge on any atom is 0.128 e. The number of nitrogens with two attached hydrogens (primary N) is 1. The zero-order chi connectivity index (χ0) is 12.5. The van der Waals surface area contributed by atoms with E-state index in [4.69, 9.17) is 5.73 Å². The van der Waals surface area contributed by atoms with E-state index in [1.165, 1.54) is 0 Å². The van der Waals surface area contributed by atoms with Gasteiger partial charge in [-0.2, -0.15) is 11.8 Å². The maximum absolute atomic E-state index is 5.92. The Morgan fingerprint density at radius 2 is 2.29 bits per heavy atom. The highest BCUT2D eigenvalue weighted by Gasteiger charge is 2.27. The molecule has 1 saturated heterocycles. The molecule has 1 aromatic rings. The van der Waals surface area contributed by atoms with Gasteiger partial charge in [0.2, 0.25) is 0 Å². The van der Waals surface area contributed by atoms with Crippen molar-refractivity contribution < 1.29 is 0 Å². The Labute approximate surface area is 108 Å². The molecule has 1 aliphatic rings. The minimum absolute atomic E-state index is 0.0731. The summed E-state index contributed by atoms with van der Waals surface area (Å²) in [7, 11) is 0. The molecule has 1 atom stereocenters. The number of nitrogens with zero attached hydrogens (tertiary/aromatic N) is 2. The van der Waals surface area contributed by atoms with E-state index in [0.717, 1.165) is 30.2 Å². The zero-order valence-corrected chi connectivity index (χ0v) is 11.6. The number of rotatable bonds is 2. The summed E-state index contributed by atoms with van der Waals surface area (Å²) in [5, 5.41) is 0. The van der Waals surface area contributed by atoms with E-state index < -0.39 is 0 Å². The van der Waals surface area contributed by atoms with Crippen LogP contribution in [0.5, 0.6) is 0 Å². The number of thioether (sulfide) groups is 1. The summed E-state index contributed by atoms with van der Waals surface area (Å²) in [6.07, 6.45) is 1.86. The van der Waals surface area contributed by atoms with Crippen molar-refractivity contribution in [3.63, 3.8) is 0 Å². The van der Waals surface area contributed by atoms with Crippen LogP contribution >= 0.6 is 11.8 Å². The predicted octanol–water partition coefficient (Wildman–Crippen LogP) is 2.43. The molecule has 0 aliphatic carbocycles. The number of hydrogen-bond acceptors (Lipinski definition) is 4. The normalized spacial score (nSPS) is 21.3. The first-order valence-corrected chi connectivity index (χ1v) is 7.07. The highest BCUT2D eigenvalue weighted by Crippen LogP contribution is 2.31. The third-order valence-corrected chi connectivity index (χ3v) is 4.34. The first-order chi connectivity index (χ1) is 7.98. The number of anilines is 1. The quantitative estimate of drug-likeness (QED) is 0.876. The van der Waals surface area contributed by atoms with Gasteiger partial charge < -0.3 is 10.6 Å². The molecule has 1 aliphatic heterocycles. The maximum atomic E-state index is 5.92. The number of pyridine rings is 1. The van der Waals surface area contributed by atoms with E-state index in [9.17, 15) is 0 Å². The van der Waals surface area contributed by atoms with Crippen LogP contribution in [0.3, 0.4) is 0 Å². The van der Waals surface area contributed by atoms with Crippen LogP contribution in [0.1, 0.15) is 32.4 Å². The van der Waals surface area contributed by atoms with Crippen LogP contribution in [-0.4, -0.2) is 28.6 Å². The van der Waals surface area contributed by atoms with Crippen LogP contribution in [-0.2, 0) is 0 Å². The SMILES string of the molecule is C[C@H](N)c1ccnc(N2CCSC(C)(C)C2)c1. The highest BCUT2D eigenvalue weighted by atomic mass is 32.2. The molecule has 94 valence electrons. The summed E-state index contributed by atoms with van der Waals surface area (Å²) in [6, 6.07) is 4.19. The van der Waals surface area contributed by atoms with E-state index in [-0.39, 0.29) is 6.04 Å². The molecule has 2 heterocycles. The standard InChI is InChI=1S/C13H21N3S/c1-10(14)11-4-5-15-12(8-11)16-6-7-17-13(2,3)9-16/h4-5,8,10H,6-7,9,14H2,1-3H3/t10-/m0/s1. The van der Waals surface area contributed by atoms with Gasteiger partial charge in [-0.3, -0.25) is 0 Å². The lowest BCUT2D eigenvalue weighted by molar-refractivity contribution is 0.641. The molecule has 0 spiro atoms. The highest BCUT2D eigenvalue weighted by molar-refractivity contribution is 8.00. The van der Waals surface area contributed by atoms with Crippen LogP contribution < -0.4 is 10.6 Å². The third-order valence-electron chi connectivity index (χ3n) is 3.04. The van der Waals surface area contributed by atoms with Gasteiger partial charge in [-0.05, 0) is 38.5 Å². The summed E-state index contributed by atoms with van der Waals surface area (Å²) in [6.45, 7) is 8.71. The van der Waals surface area contributed by atoms with Crippen molar-refractivity contribution in [1.82, 2.24) is 4.98 Å². The van der Waals surface area contributed by atoms with Gasteiger partial charge in [0, 0.05) is 35.8 Å². The fourth-order valence-electron chi connectivity index (χ4n) is 2.10. The summed E-state index contributed by atoms with van der Waals surface area (Å²) < 4.78 is 0.310. The monoisotopic (exact) mass is 251 g/mol. The molecule has 0 amide bonds. The first-order valence-electron chi connectivity index (χ1n) is 6.08. The fourth-order valence-corrected chi connectivity index (χ4v) is 3.21. The number of aromatic nitrogens is 1. The molecular weight excluding hydrogens is 230 g/mol. The van der Waals surface area contributed by atoms with Crippen LogP contribution in [0.4, 0.5) is 5.82 Å². The average Bonchev–Trinajstić information content (AvgIpc) is 2.28. The second-order valence-electron chi connectivity index (χ2n) is 5.27. The van der Waals surface area contributed by atoms with Gasteiger partial charge in [0.25, 0.3) is 0 Å². The lowest BCUT2D eigenvalue weighted by Gasteiger charge is -2.38. The van der Waals surface area contributed by atoms with Crippen molar-refractivity contribution in [3.8, 4) is 0 Å². The molecule has 0 aromatic carbocycles. The zero-order valence-electron chi connectivity index (χ0n) is 10.8. The summed E-state index contributed by atoms with van der Waals surface area (Å²) in [5.74, 6) is 2.23. The van der Waals surface area contributed by atoms with Crippen molar-refractivity contribution in [2.45, 2.75) is 31.6 Å². The summed E-state index contributed by atoms with van der Waals surface area (Å²) in [4.78, 5) is 6.84. The van der Waals surface area contributed by atoms with E-state index in [1.54, 1.807) is 0 Å². The fraction of sp³-hybridized carbons (Fsp3) is 0.615. The predicted molar refractivity (Wildman–Crippen MR) is 75.6 cm³/mol. The van der Waals surface area contributed by atoms with Gasteiger partial charge >= 0.3 is 0 Å².